The fourth-order valence-corrected chi connectivity index (χ4v) is 3.17. The standard InChI is InChI=1S/C17H23N5O4/c1-3-20-10-11-22(16(24)15(20)23)17(25)21-8-5-13(6-9-21)26-14-4-7-18-12(2)19-14/h4,7,13H,3,5-6,8-11H2,1-2H3. The van der Waals surface area contributed by atoms with Crippen LogP contribution in [0.4, 0.5) is 4.79 Å². The molecule has 2 saturated heterocycles. The molecular weight excluding hydrogens is 338 g/mol. The van der Waals surface area contributed by atoms with E-state index in [0.29, 0.717) is 50.7 Å². The lowest BCUT2D eigenvalue weighted by atomic mass is 10.1. The van der Waals surface area contributed by atoms with Crippen molar-refractivity contribution in [1.29, 1.82) is 0 Å². The van der Waals surface area contributed by atoms with Crippen molar-refractivity contribution >= 4 is 17.8 Å². The number of piperidine rings is 1. The van der Waals surface area contributed by atoms with Crippen LogP contribution in [0, 0.1) is 6.92 Å². The minimum Gasteiger partial charge on any atom is -0.474 e. The Kier molecular flexibility index (Phi) is 5.34. The van der Waals surface area contributed by atoms with Gasteiger partial charge >= 0.3 is 17.8 Å². The monoisotopic (exact) mass is 361 g/mol. The van der Waals surface area contributed by atoms with Gasteiger partial charge in [-0.2, -0.15) is 4.98 Å². The minimum atomic E-state index is -0.738. The molecule has 2 aliphatic rings. The van der Waals surface area contributed by atoms with Crippen molar-refractivity contribution in [2.24, 2.45) is 0 Å². The van der Waals surface area contributed by atoms with E-state index in [1.165, 1.54) is 4.90 Å². The molecule has 0 atom stereocenters. The Morgan fingerprint density at radius 3 is 2.58 bits per heavy atom. The van der Waals surface area contributed by atoms with Gasteiger partial charge in [0.25, 0.3) is 0 Å². The van der Waals surface area contributed by atoms with Gasteiger partial charge in [0.15, 0.2) is 0 Å². The van der Waals surface area contributed by atoms with E-state index in [1.54, 1.807) is 24.1 Å². The van der Waals surface area contributed by atoms with Crippen LogP contribution in [0.3, 0.4) is 0 Å². The van der Waals surface area contributed by atoms with Gasteiger partial charge in [-0.1, -0.05) is 0 Å². The van der Waals surface area contributed by atoms with Crippen LogP contribution < -0.4 is 4.74 Å². The molecule has 26 heavy (non-hydrogen) atoms. The zero-order valence-electron chi connectivity index (χ0n) is 15.1. The summed E-state index contributed by atoms with van der Waals surface area (Å²) in [6, 6.07) is 1.32. The normalized spacial score (nSPS) is 19.1. The number of aromatic nitrogens is 2. The summed E-state index contributed by atoms with van der Waals surface area (Å²) in [6.07, 6.45) is 2.90. The topological polar surface area (TPSA) is 95.9 Å². The maximum atomic E-state index is 12.6. The Balaban J connectivity index is 1.54. The number of hydrogen-bond acceptors (Lipinski definition) is 6. The van der Waals surface area contributed by atoms with E-state index in [4.69, 9.17) is 4.74 Å². The summed E-state index contributed by atoms with van der Waals surface area (Å²) < 4.78 is 5.85. The molecule has 4 amide bonds. The minimum absolute atomic E-state index is 0.0392. The van der Waals surface area contributed by atoms with Crippen LogP contribution in [0.2, 0.25) is 0 Å². The van der Waals surface area contributed by atoms with Gasteiger partial charge < -0.3 is 14.5 Å². The molecule has 3 rings (SSSR count). The molecule has 0 bridgehead atoms. The lowest BCUT2D eigenvalue weighted by Gasteiger charge is -2.37. The second kappa shape index (κ2) is 7.67. The Morgan fingerprint density at radius 1 is 1.19 bits per heavy atom. The maximum absolute atomic E-state index is 12.6. The largest absolute Gasteiger partial charge is 0.474 e. The second-order valence-corrected chi connectivity index (χ2v) is 6.37. The third kappa shape index (κ3) is 3.76. The van der Waals surface area contributed by atoms with Gasteiger partial charge in [0.05, 0.1) is 0 Å². The number of piperazine rings is 1. The molecule has 0 aromatic carbocycles. The quantitative estimate of drug-likeness (QED) is 0.725. The number of aryl methyl sites for hydroxylation is 1. The SMILES string of the molecule is CCN1CCN(C(=O)N2CCC(Oc3ccnc(C)n3)CC2)C(=O)C1=O. The van der Waals surface area contributed by atoms with E-state index in [0.717, 1.165) is 4.90 Å². The Morgan fingerprint density at radius 2 is 1.92 bits per heavy atom. The number of urea groups is 1. The fraction of sp³-hybridized carbons (Fsp3) is 0.588. The van der Waals surface area contributed by atoms with E-state index in [-0.39, 0.29) is 12.6 Å². The van der Waals surface area contributed by atoms with Crippen LogP contribution in [0.5, 0.6) is 5.88 Å². The van der Waals surface area contributed by atoms with Crippen LogP contribution in [0.1, 0.15) is 25.6 Å². The average Bonchev–Trinajstić information content (AvgIpc) is 2.64. The lowest BCUT2D eigenvalue weighted by Crippen LogP contribution is -2.59. The van der Waals surface area contributed by atoms with Crippen LogP contribution >= 0.6 is 0 Å². The summed E-state index contributed by atoms with van der Waals surface area (Å²) >= 11 is 0. The average molecular weight is 361 g/mol. The summed E-state index contributed by atoms with van der Waals surface area (Å²) in [5.74, 6) is -0.175. The molecule has 0 radical (unpaired) electrons. The van der Waals surface area contributed by atoms with Gasteiger partial charge in [0.1, 0.15) is 11.9 Å². The van der Waals surface area contributed by atoms with E-state index in [9.17, 15) is 14.4 Å². The van der Waals surface area contributed by atoms with E-state index < -0.39 is 17.8 Å². The number of carbonyl (C=O) groups is 3. The molecule has 0 aliphatic carbocycles. The first-order valence-electron chi connectivity index (χ1n) is 8.85. The number of carbonyl (C=O) groups excluding carboxylic acids is 3. The van der Waals surface area contributed by atoms with Gasteiger partial charge in [-0.3, -0.25) is 14.5 Å². The van der Waals surface area contributed by atoms with E-state index in [1.807, 2.05) is 6.92 Å². The van der Waals surface area contributed by atoms with E-state index >= 15 is 0 Å². The molecule has 9 heteroatoms. The molecule has 0 saturated carbocycles. The van der Waals surface area contributed by atoms with Gasteiger partial charge in [-0.05, 0) is 13.8 Å². The highest BCUT2D eigenvalue weighted by atomic mass is 16.5. The number of imide groups is 1. The molecule has 140 valence electrons. The van der Waals surface area contributed by atoms with Crippen molar-refractivity contribution in [3.63, 3.8) is 0 Å². The predicted molar refractivity (Wildman–Crippen MR) is 91.4 cm³/mol. The zero-order valence-corrected chi connectivity index (χ0v) is 15.1. The van der Waals surface area contributed by atoms with Gasteiger partial charge in [0, 0.05) is 57.8 Å². The maximum Gasteiger partial charge on any atom is 0.327 e. The van der Waals surface area contributed by atoms with Crippen LogP contribution in [-0.4, -0.2) is 81.3 Å². The summed E-state index contributed by atoms with van der Waals surface area (Å²) in [6.45, 7) is 5.66. The zero-order chi connectivity index (χ0) is 18.7. The molecule has 1 aromatic heterocycles. The van der Waals surface area contributed by atoms with Crippen molar-refractivity contribution < 1.29 is 19.1 Å². The number of hydrogen-bond donors (Lipinski definition) is 0. The first-order chi connectivity index (χ1) is 12.5. The highest BCUT2D eigenvalue weighted by Gasteiger charge is 2.38. The molecule has 1 aromatic rings. The Bertz CT molecular complexity index is 702. The molecule has 0 N–H and O–H groups in total. The van der Waals surface area contributed by atoms with Crippen LogP contribution in [0.15, 0.2) is 12.3 Å². The third-order valence-electron chi connectivity index (χ3n) is 4.67. The van der Waals surface area contributed by atoms with Gasteiger partial charge in [-0.15, -0.1) is 0 Å². The van der Waals surface area contributed by atoms with Crippen molar-refractivity contribution in [3.8, 4) is 5.88 Å². The highest BCUT2D eigenvalue weighted by Crippen LogP contribution is 2.19. The Hall–Kier alpha value is -2.71. The summed E-state index contributed by atoms with van der Waals surface area (Å²) in [7, 11) is 0. The number of likely N-dealkylation sites (tertiary alicyclic amines) is 1. The summed E-state index contributed by atoms with van der Waals surface area (Å²) in [5.41, 5.74) is 0. The van der Waals surface area contributed by atoms with Gasteiger partial charge in [0.2, 0.25) is 5.88 Å². The molecule has 3 heterocycles. The number of ether oxygens (including phenoxy) is 1. The first-order valence-corrected chi connectivity index (χ1v) is 8.85. The number of likely N-dealkylation sites (N-methyl/N-ethyl adjacent to an activating group) is 1. The second-order valence-electron chi connectivity index (χ2n) is 6.37. The smallest absolute Gasteiger partial charge is 0.327 e. The molecule has 2 fully saturated rings. The van der Waals surface area contributed by atoms with Crippen molar-refractivity contribution in [2.45, 2.75) is 32.8 Å². The van der Waals surface area contributed by atoms with Gasteiger partial charge in [-0.25, -0.2) is 9.78 Å². The van der Waals surface area contributed by atoms with Crippen molar-refractivity contribution in [2.75, 3.05) is 32.7 Å². The van der Waals surface area contributed by atoms with E-state index in [2.05, 4.69) is 9.97 Å². The molecule has 0 unspecified atom stereocenters. The molecule has 9 nitrogen and oxygen atoms in total. The Labute approximate surface area is 151 Å². The first kappa shape index (κ1) is 18.1. The number of amides is 4. The predicted octanol–water partition coefficient (Wildman–Crippen LogP) is 0.439. The van der Waals surface area contributed by atoms with Crippen molar-refractivity contribution in [3.05, 3.63) is 18.1 Å². The highest BCUT2D eigenvalue weighted by molar-refractivity contribution is 6.38. The molecule has 2 aliphatic heterocycles. The lowest BCUT2D eigenvalue weighted by molar-refractivity contribution is -0.154. The summed E-state index contributed by atoms with van der Waals surface area (Å²) in [5, 5.41) is 0. The van der Waals surface area contributed by atoms with Crippen molar-refractivity contribution in [1.82, 2.24) is 24.7 Å². The third-order valence-corrected chi connectivity index (χ3v) is 4.67. The molecule has 0 spiro atoms. The number of rotatable bonds is 3. The fourth-order valence-electron chi connectivity index (χ4n) is 3.17. The number of nitrogens with zero attached hydrogens (tertiary/aromatic N) is 5. The molecular formula is C17H23N5O4. The summed E-state index contributed by atoms with van der Waals surface area (Å²) in [4.78, 5) is 49.1. The van der Waals surface area contributed by atoms with Crippen LogP contribution in [0.25, 0.3) is 0 Å². The van der Waals surface area contributed by atoms with Crippen LogP contribution in [-0.2, 0) is 9.59 Å².